The van der Waals surface area contributed by atoms with Gasteiger partial charge in [0.1, 0.15) is 0 Å². The zero-order valence-electron chi connectivity index (χ0n) is 19.0. The van der Waals surface area contributed by atoms with E-state index in [-0.39, 0.29) is 6.04 Å². The van der Waals surface area contributed by atoms with E-state index >= 15 is 0 Å². The number of aromatic nitrogens is 2. The maximum atomic E-state index is 6.29. The summed E-state index contributed by atoms with van der Waals surface area (Å²) in [5.41, 5.74) is 6.94. The summed E-state index contributed by atoms with van der Waals surface area (Å²) in [6.07, 6.45) is 0. The molecule has 0 aliphatic carbocycles. The summed E-state index contributed by atoms with van der Waals surface area (Å²) in [4.78, 5) is 6.73. The summed E-state index contributed by atoms with van der Waals surface area (Å²) < 4.78 is 5.82. The third-order valence-corrected chi connectivity index (χ3v) is 6.46. The molecule has 0 radical (unpaired) electrons. The highest BCUT2D eigenvalue weighted by Gasteiger charge is 2.34. The van der Waals surface area contributed by atoms with Crippen LogP contribution in [0.2, 0.25) is 5.02 Å². The molecule has 1 unspecified atom stereocenters. The van der Waals surface area contributed by atoms with Gasteiger partial charge in [-0.25, -0.2) is 0 Å². The molecule has 0 bridgehead atoms. The number of hydrogen-bond acceptors (Lipinski definition) is 4. The molecule has 0 saturated heterocycles. The number of halogens is 1. The van der Waals surface area contributed by atoms with Gasteiger partial charge < -0.3 is 9.84 Å². The molecule has 0 saturated carbocycles. The predicted molar refractivity (Wildman–Crippen MR) is 141 cm³/mol. The molecular weight excluding hydrogens is 464 g/mol. The van der Waals surface area contributed by atoms with Crippen LogP contribution in [0.5, 0.6) is 0 Å². The smallest absolute Gasteiger partial charge is 0.258 e. The Morgan fingerprint density at radius 2 is 1.62 bits per heavy atom. The lowest BCUT2D eigenvalue weighted by atomic mass is 9.94. The number of aryl methyl sites for hydroxylation is 2. The maximum Gasteiger partial charge on any atom is 0.258 e. The largest absolute Gasteiger partial charge is 0.351 e. The Hall–Kier alpha value is -3.48. The summed E-state index contributed by atoms with van der Waals surface area (Å²) >= 11 is 12.1. The van der Waals surface area contributed by atoms with Crippen LogP contribution in [0.25, 0.3) is 17.0 Å². The molecule has 1 N–H and O–H groups in total. The fourth-order valence-electron chi connectivity index (χ4n) is 4.11. The van der Waals surface area contributed by atoms with E-state index in [0.717, 1.165) is 28.1 Å². The first-order valence-corrected chi connectivity index (χ1v) is 11.7. The van der Waals surface area contributed by atoms with E-state index < -0.39 is 0 Å². The molecule has 1 aliphatic rings. The third kappa shape index (κ3) is 4.22. The van der Waals surface area contributed by atoms with Gasteiger partial charge >= 0.3 is 0 Å². The molecule has 0 amide bonds. The number of thiocarbonyl (C=S) groups is 1. The number of nitrogens with one attached hydrogen (secondary N) is 1. The molecular formula is C27H23ClN4OS. The lowest BCUT2D eigenvalue weighted by Crippen LogP contribution is -2.46. The average Bonchev–Trinajstić information content (AvgIpc) is 3.29. The van der Waals surface area contributed by atoms with Crippen LogP contribution in [0.1, 0.15) is 35.5 Å². The van der Waals surface area contributed by atoms with E-state index in [1.807, 2.05) is 67.3 Å². The van der Waals surface area contributed by atoms with E-state index in [4.69, 9.17) is 33.3 Å². The molecule has 5 rings (SSSR count). The van der Waals surface area contributed by atoms with Crippen LogP contribution in [0.3, 0.4) is 0 Å². The van der Waals surface area contributed by atoms with Crippen LogP contribution < -0.4 is 10.2 Å². The zero-order chi connectivity index (χ0) is 23.8. The standard InChI is InChI=1S/C27H23ClN4OS/c1-16-7-11-19(12-8-16)24-23(26-30-25(31-33-26)20-13-9-17(2)10-14-20)18(3)32(27(34)29-24)22-6-4-5-21(28)15-22/h4-15,24H,1-3H3,(H,29,34). The second kappa shape index (κ2) is 9.05. The van der Waals surface area contributed by atoms with Crippen LogP contribution >= 0.6 is 23.8 Å². The second-order valence-electron chi connectivity index (χ2n) is 8.40. The fraction of sp³-hybridized carbons (Fsp3) is 0.148. The second-order valence-corrected chi connectivity index (χ2v) is 9.22. The summed E-state index contributed by atoms with van der Waals surface area (Å²) in [6.45, 7) is 6.13. The van der Waals surface area contributed by atoms with Crippen LogP contribution in [0, 0.1) is 13.8 Å². The number of rotatable bonds is 4. The summed E-state index contributed by atoms with van der Waals surface area (Å²) in [5.74, 6) is 0.987. The van der Waals surface area contributed by atoms with Crippen molar-refractivity contribution in [3.63, 3.8) is 0 Å². The Balaban J connectivity index is 1.65. The normalized spacial score (nSPS) is 16.1. The molecule has 34 heavy (non-hydrogen) atoms. The molecule has 3 aromatic carbocycles. The van der Waals surface area contributed by atoms with Crippen molar-refractivity contribution in [2.24, 2.45) is 0 Å². The van der Waals surface area contributed by atoms with Crippen molar-refractivity contribution < 1.29 is 4.52 Å². The van der Waals surface area contributed by atoms with Gasteiger partial charge in [0.15, 0.2) is 5.11 Å². The molecule has 1 atom stereocenters. The van der Waals surface area contributed by atoms with Crippen LogP contribution in [0.15, 0.2) is 83.0 Å². The number of allylic oxidation sites excluding steroid dienone is 1. The Morgan fingerprint density at radius 3 is 2.29 bits per heavy atom. The van der Waals surface area contributed by atoms with Gasteiger partial charge in [0.2, 0.25) is 5.82 Å². The molecule has 2 heterocycles. The van der Waals surface area contributed by atoms with Gasteiger partial charge in [0, 0.05) is 22.0 Å². The number of benzene rings is 3. The molecule has 0 fully saturated rings. The van der Waals surface area contributed by atoms with Gasteiger partial charge in [-0.2, -0.15) is 4.98 Å². The van der Waals surface area contributed by atoms with Crippen LogP contribution in [0.4, 0.5) is 5.69 Å². The molecule has 170 valence electrons. The monoisotopic (exact) mass is 486 g/mol. The van der Waals surface area contributed by atoms with E-state index in [2.05, 4.69) is 41.7 Å². The minimum Gasteiger partial charge on any atom is -0.351 e. The Morgan fingerprint density at radius 1 is 0.941 bits per heavy atom. The summed E-state index contributed by atoms with van der Waals surface area (Å²) in [6, 6.07) is 23.8. The van der Waals surface area contributed by atoms with E-state index in [1.165, 1.54) is 11.1 Å². The first kappa shape index (κ1) is 22.3. The summed E-state index contributed by atoms with van der Waals surface area (Å²) in [7, 11) is 0. The van der Waals surface area contributed by atoms with Crippen molar-refractivity contribution in [1.82, 2.24) is 15.5 Å². The molecule has 1 aromatic heterocycles. The van der Waals surface area contributed by atoms with Gasteiger partial charge in [-0.05, 0) is 56.8 Å². The highest BCUT2D eigenvalue weighted by molar-refractivity contribution is 7.80. The lowest BCUT2D eigenvalue weighted by Gasteiger charge is -2.37. The van der Waals surface area contributed by atoms with Gasteiger partial charge in [-0.15, -0.1) is 0 Å². The van der Waals surface area contributed by atoms with Gasteiger partial charge in [0.05, 0.1) is 11.6 Å². The third-order valence-electron chi connectivity index (χ3n) is 5.93. The first-order chi connectivity index (χ1) is 16.4. The number of hydrogen-bond donors (Lipinski definition) is 1. The van der Waals surface area contributed by atoms with Crippen molar-refractivity contribution >= 4 is 40.2 Å². The average molecular weight is 487 g/mol. The summed E-state index contributed by atoms with van der Waals surface area (Å²) in [5, 5.41) is 8.97. The molecule has 1 aliphatic heterocycles. The van der Waals surface area contributed by atoms with Crippen molar-refractivity contribution in [3.8, 4) is 11.4 Å². The Kier molecular flexibility index (Phi) is 5.94. The molecule has 0 spiro atoms. The van der Waals surface area contributed by atoms with Crippen LogP contribution in [-0.2, 0) is 0 Å². The Bertz CT molecular complexity index is 1390. The number of nitrogens with zero attached hydrogens (tertiary/aromatic N) is 3. The zero-order valence-corrected chi connectivity index (χ0v) is 20.6. The van der Waals surface area contributed by atoms with Gasteiger partial charge in [0.25, 0.3) is 5.89 Å². The Labute approximate surface area is 209 Å². The van der Waals surface area contributed by atoms with Crippen molar-refractivity contribution in [2.45, 2.75) is 26.8 Å². The minimum absolute atomic E-state index is 0.241. The molecule has 7 heteroatoms. The maximum absolute atomic E-state index is 6.29. The fourth-order valence-corrected chi connectivity index (χ4v) is 4.65. The first-order valence-electron chi connectivity index (χ1n) is 11.0. The molecule has 5 nitrogen and oxygen atoms in total. The SMILES string of the molecule is CC1=C(c2nc(-c3ccc(C)cc3)no2)C(c2ccc(C)cc2)NC(=S)N1c1cccc(Cl)c1. The van der Waals surface area contributed by atoms with E-state index in [1.54, 1.807) is 0 Å². The lowest BCUT2D eigenvalue weighted by molar-refractivity contribution is 0.404. The van der Waals surface area contributed by atoms with Crippen LogP contribution in [-0.4, -0.2) is 15.3 Å². The highest BCUT2D eigenvalue weighted by atomic mass is 35.5. The quantitative estimate of drug-likeness (QED) is 0.317. The van der Waals surface area contributed by atoms with Crippen molar-refractivity contribution in [3.05, 3.63) is 106 Å². The molecule has 4 aromatic rings. The predicted octanol–water partition coefficient (Wildman–Crippen LogP) is 6.87. The van der Waals surface area contributed by atoms with Crippen molar-refractivity contribution in [2.75, 3.05) is 4.90 Å². The van der Waals surface area contributed by atoms with E-state index in [9.17, 15) is 0 Å². The van der Waals surface area contributed by atoms with Gasteiger partial charge in [-0.1, -0.05) is 82.5 Å². The highest BCUT2D eigenvalue weighted by Crippen LogP contribution is 2.39. The topological polar surface area (TPSA) is 54.2 Å². The van der Waals surface area contributed by atoms with Gasteiger partial charge in [-0.3, -0.25) is 4.90 Å². The number of anilines is 1. The minimum atomic E-state index is -0.241. The van der Waals surface area contributed by atoms with E-state index in [0.29, 0.717) is 21.9 Å². The van der Waals surface area contributed by atoms with Crippen molar-refractivity contribution in [1.29, 1.82) is 0 Å².